The maximum Gasteiger partial charge on any atom is 0.212 e. The van der Waals surface area contributed by atoms with Crippen LogP contribution in [0, 0.1) is 24.3 Å². The van der Waals surface area contributed by atoms with Crippen LogP contribution in [0.15, 0.2) is 29.3 Å². The van der Waals surface area contributed by atoms with Gasteiger partial charge in [0.1, 0.15) is 0 Å². The summed E-state index contributed by atoms with van der Waals surface area (Å²) >= 11 is 0. The number of nitrogens with zero attached hydrogens (tertiary/aromatic N) is 3. The van der Waals surface area contributed by atoms with Crippen LogP contribution >= 0.6 is 0 Å². The van der Waals surface area contributed by atoms with E-state index in [2.05, 4.69) is 34.4 Å². The van der Waals surface area contributed by atoms with E-state index in [1.54, 1.807) is 0 Å². The third-order valence-electron chi connectivity index (χ3n) is 3.83. The fourth-order valence-electron chi connectivity index (χ4n) is 2.60. The highest BCUT2D eigenvalue weighted by Crippen LogP contribution is 2.20. The van der Waals surface area contributed by atoms with Crippen molar-refractivity contribution in [3.05, 3.63) is 29.8 Å². The normalized spacial score (nSPS) is 19.5. The lowest BCUT2D eigenvalue weighted by Crippen LogP contribution is -2.58. The maximum atomic E-state index is 9.06. The van der Waals surface area contributed by atoms with Gasteiger partial charge in [-0.2, -0.15) is 5.26 Å². The predicted octanol–water partition coefficient (Wildman–Crippen LogP) is 1.98. The van der Waals surface area contributed by atoms with Gasteiger partial charge in [-0.15, -0.1) is 0 Å². The minimum absolute atomic E-state index is 0.336. The molecule has 21 heavy (non-hydrogen) atoms. The van der Waals surface area contributed by atoms with Crippen molar-refractivity contribution in [3.8, 4) is 6.19 Å². The number of hydrogen-bond acceptors (Lipinski definition) is 3. The Morgan fingerprint density at radius 1 is 1.48 bits per heavy atom. The molecule has 1 atom stereocenters. The first-order valence-electron chi connectivity index (χ1n) is 7.40. The van der Waals surface area contributed by atoms with E-state index in [0.717, 1.165) is 30.9 Å². The van der Waals surface area contributed by atoms with Crippen molar-refractivity contribution in [2.45, 2.75) is 26.8 Å². The maximum absolute atomic E-state index is 9.06. The van der Waals surface area contributed by atoms with Gasteiger partial charge in [0.2, 0.25) is 5.96 Å². The van der Waals surface area contributed by atoms with Crippen LogP contribution in [0.1, 0.15) is 19.4 Å². The Bertz CT molecular complexity index is 544. The largest absolute Gasteiger partial charge is 0.336 e. The van der Waals surface area contributed by atoms with Crippen LogP contribution in [-0.2, 0) is 0 Å². The van der Waals surface area contributed by atoms with E-state index in [-0.39, 0.29) is 0 Å². The van der Waals surface area contributed by atoms with Crippen molar-refractivity contribution in [2.75, 3.05) is 19.6 Å². The van der Waals surface area contributed by atoms with E-state index in [4.69, 9.17) is 5.26 Å². The minimum atomic E-state index is 0.336. The second-order valence-corrected chi connectivity index (χ2v) is 5.67. The zero-order valence-corrected chi connectivity index (χ0v) is 12.9. The molecule has 1 fully saturated rings. The fourth-order valence-corrected chi connectivity index (χ4v) is 2.60. The van der Waals surface area contributed by atoms with Gasteiger partial charge in [-0.3, -0.25) is 5.32 Å². The first-order valence-corrected chi connectivity index (χ1v) is 7.40. The Kier molecular flexibility index (Phi) is 5.18. The molecule has 1 aliphatic heterocycles. The SMILES string of the molecule is Cc1ccccc1N=C(NC#N)N1CCNC[C@H]1C(C)C. The summed E-state index contributed by atoms with van der Waals surface area (Å²) in [7, 11) is 0. The number of guanidine groups is 1. The standard InChI is InChI=1S/C16H23N5/c1-12(2)15-10-18-8-9-21(15)16(19-11-17)20-14-7-5-4-6-13(14)3/h4-7,12,15,18H,8-10H2,1-3H3,(H,19,20)/t15-/m0/s1. The van der Waals surface area contributed by atoms with Gasteiger partial charge in [0, 0.05) is 25.7 Å². The second kappa shape index (κ2) is 7.09. The molecule has 0 aliphatic carbocycles. The number of para-hydroxylation sites is 1. The molecule has 0 unspecified atom stereocenters. The highest BCUT2D eigenvalue weighted by molar-refractivity contribution is 5.84. The van der Waals surface area contributed by atoms with Gasteiger partial charge in [-0.05, 0) is 24.5 Å². The summed E-state index contributed by atoms with van der Waals surface area (Å²) in [4.78, 5) is 6.89. The van der Waals surface area contributed by atoms with Gasteiger partial charge in [-0.25, -0.2) is 4.99 Å². The molecule has 1 aromatic carbocycles. The Balaban J connectivity index is 2.33. The monoisotopic (exact) mass is 285 g/mol. The van der Waals surface area contributed by atoms with E-state index in [1.165, 1.54) is 0 Å². The van der Waals surface area contributed by atoms with Gasteiger partial charge in [0.15, 0.2) is 6.19 Å². The molecule has 1 aromatic rings. The molecule has 0 spiro atoms. The van der Waals surface area contributed by atoms with E-state index >= 15 is 0 Å². The molecule has 0 radical (unpaired) electrons. The van der Waals surface area contributed by atoms with Gasteiger partial charge >= 0.3 is 0 Å². The van der Waals surface area contributed by atoms with Crippen LogP contribution in [0.4, 0.5) is 5.69 Å². The van der Waals surface area contributed by atoms with Gasteiger partial charge in [0.05, 0.1) is 5.69 Å². The van der Waals surface area contributed by atoms with E-state index in [1.807, 2.05) is 37.4 Å². The van der Waals surface area contributed by atoms with Crippen molar-refractivity contribution in [1.82, 2.24) is 15.5 Å². The smallest absolute Gasteiger partial charge is 0.212 e. The van der Waals surface area contributed by atoms with Gasteiger partial charge < -0.3 is 10.2 Å². The van der Waals surface area contributed by atoms with E-state index < -0.39 is 0 Å². The Labute approximate surface area is 126 Å². The number of hydrogen-bond donors (Lipinski definition) is 2. The molecule has 2 N–H and O–H groups in total. The summed E-state index contributed by atoms with van der Waals surface area (Å²) in [5, 5.41) is 15.2. The van der Waals surface area contributed by atoms with Crippen molar-refractivity contribution < 1.29 is 0 Å². The number of aliphatic imine (C=N–C) groups is 1. The topological polar surface area (TPSA) is 63.5 Å². The van der Waals surface area contributed by atoms with Crippen LogP contribution in [0.3, 0.4) is 0 Å². The molecule has 1 saturated heterocycles. The molecule has 0 saturated carbocycles. The lowest BCUT2D eigenvalue weighted by Gasteiger charge is -2.39. The molecular weight excluding hydrogens is 262 g/mol. The second-order valence-electron chi connectivity index (χ2n) is 5.67. The summed E-state index contributed by atoms with van der Waals surface area (Å²) < 4.78 is 0. The summed E-state index contributed by atoms with van der Waals surface area (Å²) in [5.41, 5.74) is 2.00. The summed E-state index contributed by atoms with van der Waals surface area (Å²) in [6.45, 7) is 9.09. The zero-order valence-electron chi connectivity index (χ0n) is 12.9. The molecule has 1 heterocycles. The van der Waals surface area contributed by atoms with E-state index in [0.29, 0.717) is 17.9 Å². The third-order valence-corrected chi connectivity index (χ3v) is 3.83. The first kappa shape index (κ1) is 15.3. The Hall–Kier alpha value is -2.06. The predicted molar refractivity (Wildman–Crippen MR) is 85.2 cm³/mol. The van der Waals surface area contributed by atoms with Crippen molar-refractivity contribution in [1.29, 1.82) is 5.26 Å². The number of aryl methyl sites for hydroxylation is 1. The van der Waals surface area contributed by atoms with Gasteiger partial charge in [0.25, 0.3) is 0 Å². The zero-order chi connectivity index (χ0) is 15.2. The molecular formula is C16H23N5. The first-order chi connectivity index (χ1) is 10.1. The van der Waals surface area contributed by atoms with Crippen LogP contribution in [0.25, 0.3) is 0 Å². The third kappa shape index (κ3) is 3.73. The quantitative estimate of drug-likeness (QED) is 0.377. The summed E-state index contributed by atoms with van der Waals surface area (Å²) in [6, 6.07) is 8.30. The lowest BCUT2D eigenvalue weighted by molar-refractivity contribution is 0.202. The highest BCUT2D eigenvalue weighted by atomic mass is 15.3. The average Bonchev–Trinajstić information content (AvgIpc) is 2.49. The number of rotatable bonds is 2. The minimum Gasteiger partial charge on any atom is -0.336 e. The van der Waals surface area contributed by atoms with Crippen LogP contribution in [-0.4, -0.2) is 36.5 Å². The molecule has 0 bridgehead atoms. The molecule has 2 rings (SSSR count). The number of piperazine rings is 1. The van der Waals surface area contributed by atoms with Gasteiger partial charge in [-0.1, -0.05) is 32.0 Å². The molecule has 1 aliphatic rings. The molecule has 5 nitrogen and oxygen atoms in total. The average molecular weight is 285 g/mol. The molecule has 5 heteroatoms. The molecule has 0 aromatic heterocycles. The molecule has 0 amide bonds. The van der Waals surface area contributed by atoms with Crippen molar-refractivity contribution >= 4 is 11.6 Å². The van der Waals surface area contributed by atoms with Crippen LogP contribution < -0.4 is 10.6 Å². The van der Waals surface area contributed by atoms with E-state index in [9.17, 15) is 0 Å². The molecule has 112 valence electrons. The number of nitrogens with one attached hydrogen (secondary N) is 2. The van der Waals surface area contributed by atoms with Crippen LogP contribution in [0.5, 0.6) is 0 Å². The number of nitriles is 1. The fraction of sp³-hybridized carbons (Fsp3) is 0.500. The Morgan fingerprint density at radius 2 is 2.24 bits per heavy atom. The van der Waals surface area contributed by atoms with Crippen molar-refractivity contribution in [2.24, 2.45) is 10.9 Å². The lowest BCUT2D eigenvalue weighted by atomic mass is 10.0. The highest BCUT2D eigenvalue weighted by Gasteiger charge is 2.27. The number of benzene rings is 1. The van der Waals surface area contributed by atoms with Crippen molar-refractivity contribution in [3.63, 3.8) is 0 Å². The summed E-state index contributed by atoms with van der Waals surface area (Å²) in [5.74, 6) is 1.13. The van der Waals surface area contributed by atoms with Crippen LogP contribution in [0.2, 0.25) is 0 Å². The summed E-state index contributed by atoms with van der Waals surface area (Å²) in [6.07, 6.45) is 2.02. The Morgan fingerprint density at radius 3 is 2.90 bits per heavy atom.